The summed E-state index contributed by atoms with van der Waals surface area (Å²) in [7, 11) is -4.07. The molecule has 0 bridgehead atoms. The fraction of sp³-hybridized carbons (Fsp3) is 0.471. The molecule has 0 unspecified atom stereocenters. The summed E-state index contributed by atoms with van der Waals surface area (Å²) in [6.07, 6.45) is 0.964. The molecule has 1 atom stereocenters. The van der Waals surface area contributed by atoms with Gasteiger partial charge in [-0.2, -0.15) is 0 Å². The van der Waals surface area contributed by atoms with Crippen LogP contribution >= 0.6 is 11.3 Å². The molecule has 1 aliphatic rings. The second-order valence-corrected chi connectivity index (χ2v) is 16.6. The lowest BCUT2D eigenvalue weighted by atomic mass is 10.1. The average molecular weight is 716 g/mol. The van der Waals surface area contributed by atoms with Gasteiger partial charge >= 0.3 is 18.3 Å². The van der Waals surface area contributed by atoms with E-state index in [-0.39, 0.29) is 29.3 Å². The Morgan fingerprint density at radius 3 is 2.27 bits per heavy atom. The standard InChI is InChI=1S/C34H45N5O8S2/c1-21(2)46-31(41)36-23-13-11-22(12-14-23)29-35-19-27(48-29)26-16-15-24(18-28(26)49(43,44)38-33(3,4)5)37-30(40)45-20-25-10-9-17-39(25)32(42)47-34(6,7)8/h11-16,18-19,21,25,38H,9-10,17,20H2,1-8H3,(H,36,41)(H,37,40)/t25-/m0/s1. The van der Waals surface area contributed by atoms with E-state index in [1.807, 2.05) is 0 Å². The van der Waals surface area contributed by atoms with Crippen LogP contribution in [0.4, 0.5) is 25.8 Å². The molecule has 0 aliphatic carbocycles. The lowest BCUT2D eigenvalue weighted by Gasteiger charge is -2.28. The van der Waals surface area contributed by atoms with Gasteiger partial charge in [0.05, 0.1) is 21.9 Å². The highest BCUT2D eigenvalue weighted by Crippen LogP contribution is 2.37. The molecule has 49 heavy (non-hydrogen) atoms. The second-order valence-electron chi connectivity index (χ2n) is 13.9. The quantitative estimate of drug-likeness (QED) is 0.191. The molecule has 15 heteroatoms. The van der Waals surface area contributed by atoms with E-state index in [4.69, 9.17) is 14.2 Å². The number of anilines is 2. The molecule has 13 nitrogen and oxygen atoms in total. The third-order valence-corrected chi connectivity index (χ3v) is 9.74. The summed E-state index contributed by atoms with van der Waals surface area (Å²) in [5.74, 6) is 0. The number of aromatic nitrogens is 1. The van der Waals surface area contributed by atoms with Crippen molar-refractivity contribution in [2.45, 2.75) is 96.4 Å². The van der Waals surface area contributed by atoms with Crippen LogP contribution in [-0.4, -0.2) is 73.0 Å². The van der Waals surface area contributed by atoms with Crippen molar-refractivity contribution >= 4 is 51.0 Å². The molecular formula is C34H45N5O8S2. The first-order chi connectivity index (χ1) is 22.8. The fourth-order valence-electron chi connectivity index (χ4n) is 4.97. The summed E-state index contributed by atoms with van der Waals surface area (Å²) in [5.41, 5.74) is 0.498. The highest BCUT2D eigenvalue weighted by Gasteiger charge is 2.33. The number of carbonyl (C=O) groups excluding carboxylic acids is 3. The van der Waals surface area contributed by atoms with Crippen molar-refractivity contribution in [2.75, 3.05) is 23.8 Å². The molecule has 3 aromatic rings. The summed E-state index contributed by atoms with van der Waals surface area (Å²) < 4.78 is 46.1. The summed E-state index contributed by atoms with van der Waals surface area (Å²) in [6.45, 7) is 14.6. The van der Waals surface area contributed by atoms with Crippen LogP contribution < -0.4 is 15.4 Å². The fourth-order valence-corrected chi connectivity index (χ4v) is 7.66. The SMILES string of the molecule is CC(C)OC(=O)Nc1ccc(-c2ncc(-c3ccc(NC(=O)OC[C@@H]4CCCN4C(=O)OC(C)(C)C)cc3S(=O)(=O)NC(C)(C)C)s2)cc1. The minimum absolute atomic E-state index is 0.0391. The number of hydrogen-bond acceptors (Lipinski definition) is 10. The normalized spacial score (nSPS) is 15.2. The highest BCUT2D eigenvalue weighted by atomic mass is 32.2. The number of nitrogens with zero attached hydrogens (tertiary/aromatic N) is 2. The topological polar surface area (TPSA) is 165 Å². The molecule has 2 aromatic carbocycles. The van der Waals surface area contributed by atoms with Gasteiger partial charge in [-0.05, 0) is 105 Å². The first kappa shape index (κ1) is 37.6. The maximum atomic E-state index is 13.7. The number of rotatable bonds is 9. The van der Waals surface area contributed by atoms with Crippen molar-refractivity contribution in [3.63, 3.8) is 0 Å². The van der Waals surface area contributed by atoms with Crippen LogP contribution in [0.5, 0.6) is 0 Å². The van der Waals surface area contributed by atoms with Gasteiger partial charge in [-0.1, -0.05) is 6.07 Å². The number of sulfonamides is 1. The van der Waals surface area contributed by atoms with Crippen LogP contribution in [0.3, 0.4) is 0 Å². The zero-order chi connectivity index (χ0) is 36.1. The van der Waals surface area contributed by atoms with Crippen molar-refractivity contribution in [3.05, 3.63) is 48.7 Å². The molecule has 1 aliphatic heterocycles. The summed E-state index contributed by atoms with van der Waals surface area (Å²) in [4.78, 5) is 44.0. The second kappa shape index (κ2) is 15.1. The molecule has 0 radical (unpaired) electrons. The van der Waals surface area contributed by atoms with Crippen LogP contribution in [0.2, 0.25) is 0 Å². The molecule has 0 spiro atoms. The third kappa shape index (κ3) is 10.9. The minimum atomic E-state index is -4.07. The van der Waals surface area contributed by atoms with E-state index in [0.29, 0.717) is 34.1 Å². The smallest absolute Gasteiger partial charge is 0.411 e. The van der Waals surface area contributed by atoms with E-state index in [1.54, 1.807) is 103 Å². The summed E-state index contributed by atoms with van der Waals surface area (Å²) >= 11 is 1.29. The molecule has 0 saturated carbocycles. The van der Waals surface area contributed by atoms with E-state index in [0.717, 1.165) is 12.0 Å². The van der Waals surface area contributed by atoms with Gasteiger partial charge in [-0.15, -0.1) is 11.3 Å². The zero-order valence-electron chi connectivity index (χ0n) is 29.1. The predicted molar refractivity (Wildman–Crippen MR) is 189 cm³/mol. The van der Waals surface area contributed by atoms with Crippen LogP contribution in [0.25, 0.3) is 21.0 Å². The molecule has 4 rings (SSSR count). The minimum Gasteiger partial charge on any atom is -0.447 e. The Kier molecular flexibility index (Phi) is 11.6. The Morgan fingerprint density at radius 1 is 0.980 bits per heavy atom. The van der Waals surface area contributed by atoms with Crippen molar-refractivity contribution in [3.8, 4) is 21.0 Å². The van der Waals surface area contributed by atoms with E-state index < -0.39 is 39.4 Å². The number of carbonyl (C=O) groups is 3. The number of nitrogens with one attached hydrogen (secondary N) is 3. The Labute approximate surface area is 291 Å². The van der Waals surface area contributed by atoms with Crippen LogP contribution in [-0.2, 0) is 24.2 Å². The first-order valence-electron chi connectivity index (χ1n) is 16.0. The molecule has 3 N–H and O–H groups in total. The molecule has 2 heterocycles. The summed E-state index contributed by atoms with van der Waals surface area (Å²) in [6, 6.07) is 11.3. The van der Waals surface area contributed by atoms with Gasteiger partial charge in [0.1, 0.15) is 17.2 Å². The highest BCUT2D eigenvalue weighted by molar-refractivity contribution is 7.89. The molecule has 266 valence electrons. The van der Waals surface area contributed by atoms with Crippen molar-refractivity contribution in [1.82, 2.24) is 14.6 Å². The molecular weight excluding hydrogens is 671 g/mol. The van der Waals surface area contributed by atoms with Gasteiger partial charge in [0.15, 0.2) is 0 Å². The number of ether oxygens (including phenoxy) is 3. The van der Waals surface area contributed by atoms with Crippen molar-refractivity contribution < 1.29 is 37.0 Å². The van der Waals surface area contributed by atoms with E-state index in [9.17, 15) is 22.8 Å². The lowest BCUT2D eigenvalue weighted by molar-refractivity contribution is 0.0165. The monoisotopic (exact) mass is 715 g/mol. The largest absolute Gasteiger partial charge is 0.447 e. The predicted octanol–water partition coefficient (Wildman–Crippen LogP) is 7.46. The van der Waals surface area contributed by atoms with Gasteiger partial charge in [-0.25, -0.2) is 32.5 Å². The van der Waals surface area contributed by atoms with E-state index in [2.05, 4.69) is 20.3 Å². The maximum absolute atomic E-state index is 13.7. The van der Waals surface area contributed by atoms with Gasteiger partial charge < -0.3 is 19.1 Å². The van der Waals surface area contributed by atoms with Crippen LogP contribution in [0, 0.1) is 0 Å². The number of benzene rings is 2. The number of likely N-dealkylation sites (tertiary alicyclic amines) is 1. The third-order valence-electron chi connectivity index (χ3n) is 6.86. The molecule has 3 amide bonds. The number of thiazole rings is 1. The number of amides is 3. The Hall–Kier alpha value is -4.21. The van der Waals surface area contributed by atoms with Crippen molar-refractivity contribution in [1.29, 1.82) is 0 Å². The Bertz CT molecular complexity index is 1760. The van der Waals surface area contributed by atoms with Gasteiger partial charge in [-0.3, -0.25) is 10.6 Å². The molecule has 1 saturated heterocycles. The lowest BCUT2D eigenvalue weighted by Crippen LogP contribution is -2.42. The van der Waals surface area contributed by atoms with E-state index in [1.165, 1.54) is 17.4 Å². The average Bonchev–Trinajstić information content (AvgIpc) is 3.64. The van der Waals surface area contributed by atoms with Crippen LogP contribution in [0.1, 0.15) is 68.2 Å². The molecule has 1 fully saturated rings. The van der Waals surface area contributed by atoms with Gasteiger partial charge in [0.2, 0.25) is 10.0 Å². The van der Waals surface area contributed by atoms with E-state index >= 15 is 0 Å². The maximum Gasteiger partial charge on any atom is 0.411 e. The summed E-state index contributed by atoms with van der Waals surface area (Å²) in [5, 5.41) is 5.93. The van der Waals surface area contributed by atoms with Gasteiger partial charge in [0.25, 0.3) is 0 Å². The first-order valence-corrected chi connectivity index (χ1v) is 18.3. The van der Waals surface area contributed by atoms with Gasteiger partial charge in [0, 0.05) is 40.8 Å². The Morgan fingerprint density at radius 2 is 1.63 bits per heavy atom. The number of hydrogen-bond donors (Lipinski definition) is 3. The zero-order valence-corrected chi connectivity index (χ0v) is 30.7. The molecule has 1 aromatic heterocycles. The van der Waals surface area contributed by atoms with Crippen molar-refractivity contribution in [2.24, 2.45) is 0 Å². The van der Waals surface area contributed by atoms with Crippen LogP contribution in [0.15, 0.2) is 53.6 Å². The Balaban J connectivity index is 1.52.